The van der Waals surface area contributed by atoms with Crippen molar-refractivity contribution in [2.75, 3.05) is 26.8 Å². The molecule has 3 N–H and O–H groups in total. The van der Waals surface area contributed by atoms with Crippen LogP contribution in [0, 0.1) is 0 Å². The van der Waals surface area contributed by atoms with Crippen LogP contribution in [0.15, 0.2) is 0 Å². The molecule has 6 heteroatoms. The number of nitrogens with one attached hydrogen (secondary N) is 1. The minimum atomic E-state index is 0.0224. The van der Waals surface area contributed by atoms with Gasteiger partial charge < -0.3 is 20.7 Å². The first-order valence-corrected chi connectivity index (χ1v) is 7.34. The van der Waals surface area contributed by atoms with E-state index in [0.717, 1.165) is 25.7 Å². The first kappa shape index (κ1) is 16.9. The Balaban J connectivity index is 2.18. The zero-order valence-corrected chi connectivity index (χ0v) is 12.6. The molecule has 0 aromatic heterocycles. The van der Waals surface area contributed by atoms with Gasteiger partial charge in [-0.2, -0.15) is 0 Å². The van der Waals surface area contributed by atoms with Gasteiger partial charge in [-0.3, -0.25) is 9.59 Å². The summed E-state index contributed by atoms with van der Waals surface area (Å²) in [5.41, 5.74) is 5.65. The highest BCUT2D eigenvalue weighted by Gasteiger charge is 2.23. The number of likely N-dealkylation sites (tertiary alicyclic amines) is 1. The van der Waals surface area contributed by atoms with Crippen molar-refractivity contribution < 1.29 is 14.3 Å². The first-order chi connectivity index (χ1) is 9.52. The van der Waals surface area contributed by atoms with Crippen LogP contribution in [0.25, 0.3) is 0 Å². The molecular weight excluding hydrogens is 258 g/mol. The Hall–Kier alpha value is -1.14. The molecule has 1 atom stereocenters. The number of rotatable bonds is 7. The largest absolute Gasteiger partial charge is 0.375 e. The lowest BCUT2D eigenvalue weighted by molar-refractivity contribution is -0.136. The van der Waals surface area contributed by atoms with Gasteiger partial charge in [0.25, 0.3) is 0 Å². The average Bonchev–Trinajstić information content (AvgIpc) is 2.39. The lowest BCUT2D eigenvalue weighted by Crippen LogP contribution is -2.47. The number of hydrogen-bond donors (Lipinski definition) is 2. The van der Waals surface area contributed by atoms with E-state index in [2.05, 4.69) is 5.32 Å². The van der Waals surface area contributed by atoms with Crippen molar-refractivity contribution in [3.05, 3.63) is 0 Å². The van der Waals surface area contributed by atoms with Crippen LogP contribution < -0.4 is 11.1 Å². The first-order valence-electron chi connectivity index (χ1n) is 7.34. The fourth-order valence-corrected chi connectivity index (χ4v) is 2.37. The van der Waals surface area contributed by atoms with Crippen LogP contribution in [-0.4, -0.2) is 55.6 Å². The molecule has 1 aliphatic rings. The Kier molecular flexibility index (Phi) is 7.54. The van der Waals surface area contributed by atoms with E-state index in [4.69, 9.17) is 10.5 Å². The molecule has 1 unspecified atom stereocenters. The standard InChI is InChI=1S/C14H27N3O3/c1-11(15)4-3-5-13(18)16-12-6-8-17(9-7-12)14(19)10-20-2/h11-12H,3-10,15H2,1-2H3,(H,16,18). The van der Waals surface area contributed by atoms with Gasteiger partial charge in [0.2, 0.25) is 11.8 Å². The Morgan fingerprint density at radius 3 is 2.60 bits per heavy atom. The Bertz CT molecular complexity index is 313. The van der Waals surface area contributed by atoms with Gasteiger partial charge in [-0.05, 0) is 32.6 Å². The zero-order chi connectivity index (χ0) is 15.0. The van der Waals surface area contributed by atoms with E-state index in [9.17, 15) is 9.59 Å². The molecule has 0 aromatic rings. The third-order valence-electron chi connectivity index (χ3n) is 3.54. The van der Waals surface area contributed by atoms with E-state index >= 15 is 0 Å². The van der Waals surface area contributed by atoms with Crippen LogP contribution in [-0.2, 0) is 14.3 Å². The highest BCUT2D eigenvalue weighted by molar-refractivity contribution is 5.78. The molecule has 20 heavy (non-hydrogen) atoms. The molecule has 0 spiro atoms. The maximum absolute atomic E-state index is 11.8. The summed E-state index contributed by atoms with van der Waals surface area (Å²) in [5.74, 6) is 0.113. The van der Waals surface area contributed by atoms with Crippen LogP contribution in [0.1, 0.15) is 39.0 Å². The van der Waals surface area contributed by atoms with Crippen molar-refractivity contribution >= 4 is 11.8 Å². The predicted octanol–water partition coefficient (Wildman–Crippen LogP) is 0.258. The quantitative estimate of drug-likeness (QED) is 0.702. The number of hydrogen-bond acceptors (Lipinski definition) is 4. The molecule has 0 radical (unpaired) electrons. The number of methoxy groups -OCH3 is 1. The molecule has 1 aliphatic heterocycles. The summed E-state index contributed by atoms with van der Waals surface area (Å²) in [6.45, 7) is 3.46. The lowest BCUT2D eigenvalue weighted by atomic mass is 10.0. The molecule has 1 heterocycles. The molecule has 6 nitrogen and oxygen atoms in total. The predicted molar refractivity (Wildman–Crippen MR) is 77.1 cm³/mol. The van der Waals surface area contributed by atoms with Crippen molar-refractivity contribution in [3.63, 3.8) is 0 Å². The SMILES string of the molecule is COCC(=O)N1CCC(NC(=O)CCCC(C)N)CC1. The normalized spacial score (nSPS) is 17.9. The summed E-state index contributed by atoms with van der Waals surface area (Å²) in [7, 11) is 1.52. The Labute approximate surface area is 121 Å². The van der Waals surface area contributed by atoms with E-state index in [0.29, 0.717) is 19.5 Å². The van der Waals surface area contributed by atoms with Gasteiger partial charge in [0.05, 0.1) is 0 Å². The number of amides is 2. The second kappa shape index (κ2) is 8.92. The third kappa shape index (κ3) is 6.34. The summed E-state index contributed by atoms with van der Waals surface area (Å²) in [6.07, 6.45) is 3.86. The topological polar surface area (TPSA) is 84.7 Å². The van der Waals surface area contributed by atoms with E-state index in [1.807, 2.05) is 6.92 Å². The minimum Gasteiger partial charge on any atom is -0.375 e. The van der Waals surface area contributed by atoms with Gasteiger partial charge in [-0.25, -0.2) is 0 Å². The monoisotopic (exact) mass is 285 g/mol. The molecule has 0 aromatic carbocycles. The Morgan fingerprint density at radius 1 is 1.40 bits per heavy atom. The van der Waals surface area contributed by atoms with E-state index < -0.39 is 0 Å². The minimum absolute atomic E-state index is 0.0224. The van der Waals surface area contributed by atoms with Crippen LogP contribution in [0.4, 0.5) is 0 Å². The number of nitrogens with two attached hydrogens (primary N) is 1. The molecule has 1 saturated heterocycles. The summed E-state index contributed by atoms with van der Waals surface area (Å²) in [6, 6.07) is 0.335. The van der Waals surface area contributed by atoms with E-state index in [-0.39, 0.29) is 30.5 Å². The molecular formula is C14H27N3O3. The summed E-state index contributed by atoms with van der Waals surface area (Å²) >= 11 is 0. The van der Waals surface area contributed by atoms with Crippen LogP contribution in [0.3, 0.4) is 0 Å². The summed E-state index contributed by atoms with van der Waals surface area (Å²) < 4.78 is 4.84. The van der Waals surface area contributed by atoms with Crippen molar-refractivity contribution in [2.24, 2.45) is 5.73 Å². The molecule has 1 rings (SSSR count). The second-order valence-electron chi connectivity index (χ2n) is 5.53. The average molecular weight is 285 g/mol. The van der Waals surface area contributed by atoms with E-state index in [1.54, 1.807) is 4.90 Å². The van der Waals surface area contributed by atoms with Gasteiger partial charge in [-0.1, -0.05) is 0 Å². The number of piperidine rings is 1. The van der Waals surface area contributed by atoms with E-state index in [1.165, 1.54) is 7.11 Å². The fourth-order valence-electron chi connectivity index (χ4n) is 2.37. The Morgan fingerprint density at radius 2 is 2.05 bits per heavy atom. The molecule has 0 saturated carbocycles. The van der Waals surface area contributed by atoms with Gasteiger partial charge in [-0.15, -0.1) is 0 Å². The van der Waals surface area contributed by atoms with Gasteiger partial charge in [0.15, 0.2) is 0 Å². The van der Waals surface area contributed by atoms with Gasteiger partial charge in [0.1, 0.15) is 6.61 Å². The van der Waals surface area contributed by atoms with Crippen LogP contribution >= 0.6 is 0 Å². The van der Waals surface area contributed by atoms with Crippen molar-refractivity contribution in [1.29, 1.82) is 0 Å². The highest BCUT2D eigenvalue weighted by Crippen LogP contribution is 2.11. The van der Waals surface area contributed by atoms with Crippen LogP contribution in [0.5, 0.6) is 0 Å². The van der Waals surface area contributed by atoms with Crippen LogP contribution in [0.2, 0.25) is 0 Å². The molecule has 116 valence electrons. The number of nitrogens with zero attached hydrogens (tertiary/aromatic N) is 1. The van der Waals surface area contributed by atoms with Crippen molar-refractivity contribution in [3.8, 4) is 0 Å². The lowest BCUT2D eigenvalue weighted by Gasteiger charge is -2.32. The zero-order valence-electron chi connectivity index (χ0n) is 12.6. The highest BCUT2D eigenvalue weighted by atomic mass is 16.5. The number of ether oxygens (including phenoxy) is 1. The third-order valence-corrected chi connectivity index (χ3v) is 3.54. The second-order valence-corrected chi connectivity index (χ2v) is 5.53. The maximum atomic E-state index is 11.8. The smallest absolute Gasteiger partial charge is 0.248 e. The number of carbonyl (C=O) groups is 2. The molecule has 2 amide bonds. The van der Waals surface area contributed by atoms with Gasteiger partial charge in [0, 0.05) is 38.7 Å². The van der Waals surface area contributed by atoms with Gasteiger partial charge >= 0.3 is 0 Å². The molecule has 1 fully saturated rings. The van der Waals surface area contributed by atoms with Crippen molar-refractivity contribution in [2.45, 2.75) is 51.1 Å². The van der Waals surface area contributed by atoms with Crippen molar-refractivity contribution in [1.82, 2.24) is 10.2 Å². The molecule has 0 aliphatic carbocycles. The number of carbonyl (C=O) groups excluding carboxylic acids is 2. The summed E-state index contributed by atoms with van der Waals surface area (Å²) in [5, 5.41) is 3.04. The maximum Gasteiger partial charge on any atom is 0.248 e. The molecule has 0 bridgehead atoms. The fraction of sp³-hybridized carbons (Fsp3) is 0.857. The summed E-state index contributed by atoms with van der Waals surface area (Å²) in [4.78, 5) is 25.2.